The highest BCUT2D eigenvalue weighted by atomic mass is 28.3. The smallest absolute Gasteiger partial charge is 0.227 e. The van der Waals surface area contributed by atoms with Gasteiger partial charge in [-0.25, -0.2) is 4.98 Å². The second kappa shape index (κ2) is 14.6. The molecule has 0 radical (unpaired) electrons. The normalized spacial score (nSPS) is 11.9. The van der Waals surface area contributed by atoms with Crippen molar-refractivity contribution in [1.82, 2.24) is 4.98 Å². The molecule has 2 heterocycles. The molecule has 10 aromatic carbocycles. The summed E-state index contributed by atoms with van der Waals surface area (Å²) < 4.78 is 13.3. The second-order valence-corrected chi connectivity index (χ2v) is 19.6. The van der Waals surface area contributed by atoms with Gasteiger partial charge in [-0.1, -0.05) is 176 Å². The van der Waals surface area contributed by atoms with Crippen molar-refractivity contribution in [3.05, 3.63) is 231 Å². The van der Waals surface area contributed by atoms with E-state index in [4.69, 9.17) is 13.8 Å². The zero-order valence-electron chi connectivity index (χ0n) is 33.7. The molecule has 0 fully saturated rings. The molecule has 0 aliphatic rings. The monoisotopic (exact) mass is 810 g/mol. The molecule has 0 aliphatic carbocycles. The summed E-state index contributed by atoms with van der Waals surface area (Å²) in [5.41, 5.74) is 7.41. The molecule has 5 heteroatoms. The number of para-hydroxylation sites is 2. The Morgan fingerprint density at radius 1 is 0.403 bits per heavy atom. The maximum atomic E-state index is 6.72. The van der Waals surface area contributed by atoms with Gasteiger partial charge in [0.05, 0.1) is 11.1 Å². The number of rotatable bonds is 8. The number of fused-ring (bicyclic) bond motifs is 8. The minimum atomic E-state index is -3.03. The Labute approximate surface area is 359 Å². The van der Waals surface area contributed by atoms with Crippen LogP contribution in [-0.4, -0.2) is 13.1 Å². The Morgan fingerprint density at radius 2 is 0.968 bits per heavy atom. The van der Waals surface area contributed by atoms with Crippen LogP contribution >= 0.6 is 0 Å². The summed E-state index contributed by atoms with van der Waals surface area (Å²) in [6, 6.07) is 82.9. The molecule has 0 aliphatic heterocycles. The van der Waals surface area contributed by atoms with Gasteiger partial charge < -0.3 is 13.7 Å². The lowest BCUT2D eigenvalue weighted by Gasteiger charge is -2.38. The highest BCUT2D eigenvalue weighted by molar-refractivity contribution is 7.20. The van der Waals surface area contributed by atoms with Crippen LogP contribution in [0, 0.1) is 0 Å². The van der Waals surface area contributed by atoms with Gasteiger partial charge in [0.1, 0.15) is 16.7 Å². The lowest BCUT2D eigenvalue weighted by atomic mass is 9.99. The number of furan rings is 1. The van der Waals surface area contributed by atoms with E-state index < -0.39 is 8.07 Å². The molecular weight excluding hydrogens is 773 g/mol. The molecule has 4 nitrogen and oxygen atoms in total. The average molecular weight is 811 g/mol. The van der Waals surface area contributed by atoms with E-state index in [2.05, 4.69) is 199 Å². The van der Waals surface area contributed by atoms with Gasteiger partial charge in [0.25, 0.3) is 0 Å². The van der Waals surface area contributed by atoms with E-state index >= 15 is 0 Å². The van der Waals surface area contributed by atoms with Crippen LogP contribution < -0.4 is 25.6 Å². The molecule has 0 saturated carbocycles. The van der Waals surface area contributed by atoms with Crippen molar-refractivity contribution in [2.75, 3.05) is 4.90 Å². The standard InChI is InChI=1S/C57H38N2O2Si/c1-5-18-41(19-6-1)57-58-48-37-35-40-33-32-39-34-36-42(38-47(39)54(40)56(48)61-57)59(50-28-17-30-52-55(50)46-26-13-15-29-51(46)60-52)49-27-14-16-31-53(49)62(43-20-7-2-8-21-43,44-22-9-3-10-23-44)45-24-11-4-12-25-45/h1-38H. The zero-order chi connectivity index (χ0) is 41.0. The summed E-state index contributed by atoms with van der Waals surface area (Å²) in [4.78, 5) is 7.47. The Kier molecular flexibility index (Phi) is 8.47. The van der Waals surface area contributed by atoms with Gasteiger partial charge in [0.15, 0.2) is 13.7 Å². The van der Waals surface area contributed by atoms with Gasteiger partial charge in [0, 0.05) is 27.7 Å². The minimum Gasteiger partial charge on any atom is -0.456 e. The van der Waals surface area contributed by atoms with Gasteiger partial charge in [-0.3, -0.25) is 0 Å². The van der Waals surface area contributed by atoms with Crippen molar-refractivity contribution in [3.63, 3.8) is 0 Å². The summed E-state index contributed by atoms with van der Waals surface area (Å²) in [5.74, 6) is 0.611. The summed E-state index contributed by atoms with van der Waals surface area (Å²) >= 11 is 0. The largest absolute Gasteiger partial charge is 0.456 e. The van der Waals surface area contributed by atoms with Gasteiger partial charge in [-0.05, 0) is 91.5 Å². The van der Waals surface area contributed by atoms with Crippen LogP contribution in [0.3, 0.4) is 0 Å². The van der Waals surface area contributed by atoms with E-state index in [-0.39, 0.29) is 0 Å². The van der Waals surface area contributed by atoms with Crippen LogP contribution in [0.4, 0.5) is 17.1 Å². The van der Waals surface area contributed by atoms with E-state index in [9.17, 15) is 0 Å². The van der Waals surface area contributed by atoms with E-state index in [1.807, 2.05) is 36.4 Å². The molecule has 292 valence electrons. The van der Waals surface area contributed by atoms with Crippen molar-refractivity contribution < 1.29 is 8.83 Å². The highest BCUT2D eigenvalue weighted by Crippen LogP contribution is 2.45. The molecule has 0 unspecified atom stereocenters. The Morgan fingerprint density at radius 3 is 1.69 bits per heavy atom. The topological polar surface area (TPSA) is 42.4 Å². The Bertz CT molecular complexity index is 3490. The zero-order valence-corrected chi connectivity index (χ0v) is 34.7. The summed E-state index contributed by atoms with van der Waals surface area (Å²) in [7, 11) is -3.03. The maximum Gasteiger partial charge on any atom is 0.227 e. The molecule has 0 amide bonds. The number of oxazole rings is 1. The molecule has 2 aromatic heterocycles. The molecular formula is C57H38N2O2Si. The first kappa shape index (κ1) is 35.9. The Hall–Kier alpha value is -7.99. The van der Waals surface area contributed by atoms with Crippen LogP contribution in [-0.2, 0) is 0 Å². The molecule has 12 rings (SSSR count). The average Bonchev–Trinajstić information content (AvgIpc) is 3.96. The summed E-state index contributed by atoms with van der Waals surface area (Å²) in [5, 5.41) is 11.7. The van der Waals surface area contributed by atoms with E-state index in [1.165, 1.54) is 20.7 Å². The number of hydrogen-bond acceptors (Lipinski definition) is 4. The van der Waals surface area contributed by atoms with Gasteiger partial charge in [0.2, 0.25) is 5.89 Å². The van der Waals surface area contributed by atoms with Crippen LogP contribution in [0.5, 0.6) is 0 Å². The molecule has 0 saturated heterocycles. The Balaban J connectivity index is 1.20. The van der Waals surface area contributed by atoms with Crippen molar-refractivity contribution in [3.8, 4) is 11.5 Å². The molecule has 0 atom stereocenters. The van der Waals surface area contributed by atoms with Crippen LogP contribution in [0.2, 0.25) is 0 Å². The third kappa shape index (κ3) is 5.63. The first-order chi connectivity index (χ1) is 30.8. The van der Waals surface area contributed by atoms with Crippen molar-refractivity contribution in [2.45, 2.75) is 0 Å². The molecule has 12 aromatic rings. The fraction of sp³-hybridized carbons (Fsp3) is 0. The van der Waals surface area contributed by atoms with E-state index in [0.717, 1.165) is 77.2 Å². The van der Waals surface area contributed by atoms with Crippen molar-refractivity contribution >= 4 is 100 Å². The highest BCUT2D eigenvalue weighted by Gasteiger charge is 2.44. The fourth-order valence-electron chi connectivity index (χ4n) is 9.72. The number of nitrogens with zero attached hydrogens (tertiary/aromatic N) is 2. The van der Waals surface area contributed by atoms with Gasteiger partial charge >= 0.3 is 0 Å². The lowest BCUT2D eigenvalue weighted by Crippen LogP contribution is -2.75. The minimum absolute atomic E-state index is 0.611. The first-order valence-electron chi connectivity index (χ1n) is 21.0. The predicted molar refractivity (Wildman–Crippen MR) is 260 cm³/mol. The van der Waals surface area contributed by atoms with Crippen molar-refractivity contribution in [2.24, 2.45) is 0 Å². The second-order valence-electron chi connectivity index (χ2n) is 15.8. The lowest BCUT2D eigenvalue weighted by molar-refractivity contribution is 0.623. The molecule has 0 bridgehead atoms. The summed E-state index contributed by atoms with van der Waals surface area (Å²) in [6.07, 6.45) is 0. The van der Waals surface area contributed by atoms with E-state index in [1.54, 1.807) is 0 Å². The molecule has 0 N–H and O–H groups in total. The SMILES string of the molecule is c1ccc(-c2nc3ccc4ccc5ccc(N(c6ccccc6[Si](c6ccccc6)(c6ccccc6)c6ccccc6)c6cccc7oc8ccccc8c67)cc5c4c3o2)cc1. The van der Waals surface area contributed by atoms with Gasteiger partial charge in [-0.15, -0.1) is 0 Å². The molecule has 62 heavy (non-hydrogen) atoms. The summed E-state index contributed by atoms with van der Waals surface area (Å²) in [6.45, 7) is 0. The third-order valence-corrected chi connectivity index (χ3v) is 17.2. The number of aromatic nitrogens is 1. The number of benzene rings is 10. The third-order valence-electron chi connectivity index (χ3n) is 12.4. The number of anilines is 3. The van der Waals surface area contributed by atoms with Gasteiger partial charge in [-0.2, -0.15) is 0 Å². The first-order valence-corrected chi connectivity index (χ1v) is 23.0. The van der Waals surface area contributed by atoms with Crippen molar-refractivity contribution in [1.29, 1.82) is 0 Å². The quantitative estimate of drug-likeness (QED) is 0.0871. The van der Waals surface area contributed by atoms with Crippen LogP contribution in [0.15, 0.2) is 239 Å². The van der Waals surface area contributed by atoms with Crippen LogP contribution in [0.1, 0.15) is 0 Å². The predicted octanol–water partition coefficient (Wildman–Crippen LogP) is 12.5. The van der Waals surface area contributed by atoms with Crippen LogP contribution in [0.25, 0.3) is 66.0 Å². The van der Waals surface area contributed by atoms with E-state index in [0.29, 0.717) is 5.89 Å². The maximum absolute atomic E-state index is 6.72. The fourth-order valence-corrected chi connectivity index (χ4v) is 14.7. The number of hydrogen-bond donors (Lipinski definition) is 0. The molecule has 0 spiro atoms.